The molecule has 120 valence electrons. The summed E-state index contributed by atoms with van der Waals surface area (Å²) in [5.41, 5.74) is 2.37. The molecule has 0 spiro atoms. The van der Waals surface area contributed by atoms with Crippen molar-refractivity contribution in [2.24, 2.45) is 0 Å². The Kier molecular flexibility index (Phi) is 5.48. The van der Waals surface area contributed by atoms with Crippen molar-refractivity contribution in [2.45, 2.75) is 32.1 Å². The lowest BCUT2D eigenvalue weighted by atomic mass is 9.97. The highest BCUT2D eigenvalue weighted by Gasteiger charge is 2.05. The molecule has 3 rings (SSSR count). The molecule has 23 heavy (non-hydrogen) atoms. The average molecular weight is 329 g/mol. The summed E-state index contributed by atoms with van der Waals surface area (Å²) in [5.74, 6) is 1.37. The summed E-state index contributed by atoms with van der Waals surface area (Å²) in [4.78, 5) is 8.72. The average Bonchev–Trinajstić information content (AvgIpc) is 2.58. The lowest BCUT2D eigenvalue weighted by molar-refractivity contribution is 0.679. The van der Waals surface area contributed by atoms with Gasteiger partial charge in [-0.15, -0.1) is 0 Å². The molecule has 0 amide bonds. The third kappa shape index (κ3) is 4.70. The van der Waals surface area contributed by atoms with E-state index in [0.717, 1.165) is 24.5 Å². The van der Waals surface area contributed by atoms with Gasteiger partial charge in [0.1, 0.15) is 5.82 Å². The molecular formula is C18H21ClN4. The second-order valence-electron chi connectivity index (χ2n) is 5.66. The molecular weight excluding hydrogens is 308 g/mol. The van der Waals surface area contributed by atoms with E-state index in [9.17, 15) is 0 Å². The number of allylic oxidation sites excluding steroid dienone is 1. The van der Waals surface area contributed by atoms with E-state index < -0.39 is 0 Å². The summed E-state index contributed by atoms with van der Waals surface area (Å²) < 4.78 is 0. The fraction of sp³-hybridized carbons (Fsp3) is 0.333. The van der Waals surface area contributed by atoms with E-state index in [4.69, 9.17) is 11.6 Å². The van der Waals surface area contributed by atoms with Crippen LogP contribution in [-0.4, -0.2) is 16.5 Å². The first-order chi connectivity index (χ1) is 11.3. The van der Waals surface area contributed by atoms with Gasteiger partial charge in [0.15, 0.2) is 0 Å². The molecule has 2 N–H and O–H groups in total. The minimum atomic E-state index is 0.542. The number of aromatic nitrogens is 2. The Morgan fingerprint density at radius 1 is 1.13 bits per heavy atom. The van der Waals surface area contributed by atoms with Crippen LogP contribution in [0.15, 0.2) is 48.2 Å². The number of hydrogen-bond acceptors (Lipinski definition) is 4. The van der Waals surface area contributed by atoms with Crippen LogP contribution in [0, 0.1) is 0 Å². The standard InChI is InChI=1S/C18H21ClN4/c19-15-8-4-5-9-16(15)22-18-21-13-11-17(23-18)20-12-10-14-6-2-1-3-7-14/h4-6,8-9,11,13H,1-3,7,10,12H2,(H2,20,21,22,23). The van der Waals surface area contributed by atoms with Crippen LogP contribution in [0.1, 0.15) is 32.1 Å². The van der Waals surface area contributed by atoms with E-state index in [1.165, 1.54) is 25.7 Å². The highest BCUT2D eigenvalue weighted by atomic mass is 35.5. The molecule has 4 nitrogen and oxygen atoms in total. The zero-order chi connectivity index (χ0) is 15.9. The summed E-state index contributed by atoms with van der Waals surface area (Å²) in [5, 5.41) is 7.17. The van der Waals surface area contributed by atoms with Crippen LogP contribution in [0.5, 0.6) is 0 Å². The fourth-order valence-corrected chi connectivity index (χ4v) is 2.87. The Balaban J connectivity index is 1.57. The molecule has 1 aromatic heterocycles. The number of rotatable bonds is 6. The summed E-state index contributed by atoms with van der Waals surface area (Å²) in [6.07, 6.45) is 10.3. The number of nitrogens with zero attached hydrogens (tertiary/aromatic N) is 2. The first kappa shape index (κ1) is 15.8. The molecule has 1 heterocycles. The predicted octanol–water partition coefficient (Wildman–Crippen LogP) is 5.18. The van der Waals surface area contributed by atoms with Crippen molar-refractivity contribution in [2.75, 3.05) is 17.2 Å². The monoisotopic (exact) mass is 328 g/mol. The second-order valence-corrected chi connectivity index (χ2v) is 6.06. The van der Waals surface area contributed by atoms with Crippen LogP contribution in [0.25, 0.3) is 0 Å². The van der Waals surface area contributed by atoms with Crippen molar-refractivity contribution >= 4 is 29.1 Å². The van der Waals surface area contributed by atoms with Crippen molar-refractivity contribution in [3.8, 4) is 0 Å². The number of nitrogens with one attached hydrogen (secondary N) is 2. The highest BCUT2D eigenvalue weighted by Crippen LogP contribution is 2.23. The molecule has 0 atom stereocenters. The Morgan fingerprint density at radius 3 is 2.87 bits per heavy atom. The number of hydrogen-bond donors (Lipinski definition) is 2. The van der Waals surface area contributed by atoms with Gasteiger partial charge in [0, 0.05) is 12.7 Å². The first-order valence-electron chi connectivity index (χ1n) is 8.07. The molecule has 5 heteroatoms. The normalized spacial score (nSPS) is 14.2. The molecule has 0 saturated carbocycles. The molecule has 0 radical (unpaired) electrons. The molecule has 0 bridgehead atoms. The highest BCUT2D eigenvalue weighted by molar-refractivity contribution is 6.33. The summed E-state index contributed by atoms with van der Waals surface area (Å²) in [7, 11) is 0. The van der Waals surface area contributed by atoms with Crippen molar-refractivity contribution in [1.29, 1.82) is 0 Å². The van der Waals surface area contributed by atoms with Gasteiger partial charge in [0.25, 0.3) is 0 Å². The molecule has 1 aliphatic carbocycles. The second kappa shape index (κ2) is 7.97. The molecule has 0 unspecified atom stereocenters. The van der Waals surface area contributed by atoms with Crippen LogP contribution in [-0.2, 0) is 0 Å². The topological polar surface area (TPSA) is 49.8 Å². The molecule has 0 aliphatic heterocycles. The van der Waals surface area contributed by atoms with Crippen LogP contribution < -0.4 is 10.6 Å². The van der Waals surface area contributed by atoms with Gasteiger partial charge in [-0.2, -0.15) is 4.98 Å². The van der Waals surface area contributed by atoms with Gasteiger partial charge in [-0.3, -0.25) is 0 Å². The Morgan fingerprint density at radius 2 is 2.04 bits per heavy atom. The molecule has 0 fully saturated rings. The van der Waals surface area contributed by atoms with Crippen molar-refractivity contribution in [3.05, 3.63) is 53.2 Å². The van der Waals surface area contributed by atoms with E-state index in [-0.39, 0.29) is 0 Å². The van der Waals surface area contributed by atoms with E-state index in [0.29, 0.717) is 11.0 Å². The summed E-state index contributed by atoms with van der Waals surface area (Å²) in [6, 6.07) is 9.44. The third-order valence-corrected chi connectivity index (χ3v) is 4.24. The number of benzene rings is 1. The van der Waals surface area contributed by atoms with Crippen LogP contribution in [0.4, 0.5) is 17.5 Å². The lowest BCUT2D eigenvalue weighted by Gasteiger charge is -2.13. The lowest BCUT2D eigenvalue weighted by Crippen LogP contribution is -2.07. The van der Waals surface area contributed by atoms with Gasteiger partial charge in [0.2, 0.25) is 5.95 Å². The SMILES string of the molecule is Clc1ccccc1Nc1nccc(NCCC2=CCCCC2)n1. The van der Waals surface area contributed by atoms with Crippen molar-refractivity contribution < 1.29 is 0 Å². The van der Waals surface area contributed by atoms with E-state index in [2.05, 4.69) is 26.7 Å². The van der Waals surface area contributed by atoms with Gasteiger partial charge in [-0.05, 0) is 50.3 Å². The molecule has 2 aromatic rings. The Hall–Kier alpha value is -2.07. The first-order valence-corrected chi connectivity index (χ1v) is 8.45. The Labute approximate surface area is 142 Å². The van der Waals surface area contributed by atoms with Crippen LogP contribution in [0.3, 0.4) is 0 Å². The maximum Gasteiger partial charge on any atom is 0.229 e. The van der Waals surface area contributed by atoms with E-state index >= 15 is 0 Å². The van der Waals surface area contributed by atoms with Crippen LogP contribution >= 0.6 is 11.6 Å². The molecule has 1 aliphatic rings. The van der Waals surface area contributed by atoms with Gasteiger partial charge < -0.3 is 10.6 Å². The van der Waals surface area contributed by atoms with Gasteiger partial charge in [-0.1, -0.05) is 35.4 Å². The van der Waals surface area contributed by atoms with Gasteiger partial charge >= 0.3 is 0 Å². The van der Waals surface area contributed by atoms with Crippen molar-refractivity contribution in [1.82, 2.24) is 9.97 Å². The zero-order valence-electron chi connectivity index (χ0n) is 13.1. The molecule has 0 saturated heterocycles. The van der Waals surface area contributed by atoms with Gasteiger partial charge in [0.05, 0.1) is 10.7 Å². The summed E-state index contributed by atoms with van der Waals surface area (Å²) in [6.45, 7) is 0.897. The fourth-order valence-electron chi connectivity index (χ4n) is 2.68. The maximum atomic E-state index is 6.14. The largest absolute Gasteiger partial charge is 0.370 e. The maximum absolute atomic E-state index is 6.14. The number of para-hydroxylation sites is 1. The van der Waals surface area contributed by atoms with Gasteiger partial charge in [-0.25, -0.2) is 4.98 Å². The predicted molar refractivity (Wildman–Crippen MR) is 96.4 cm³/mol. The van der Waals surface area contributed by atoms with Crippen molar-refractivity contribution in [3.63, 3.8) is 0 Å². The van der Waals surface area contributed by atoms with Crippen LogP contribution in [0.2, 0.25) is 5.02 Å². The quantitative estimate of drug-likeness (QED) is 0.718. The zero-order valence-corrected chi connectivity index (χ0v) is 13.8. The summed E-state index contributed by atoms with van der Waals surface area (Å²) >= 11 is 6.14. The minimum Gasteiger partial charge on any atom is -0.370 e. The smallest absolute Gasteiger partial charge is 0.229 e. The molecule has 1 aromatic carbocycles. The number of anilines is 3. The third-order valence-electron chi connectivity index (χ3n) is 3.91. The van der Waals surface area contributed by atoms with E-state index in [1.54, 1.807) is 11.8 Å². The minimum absolute atomic E-state index is 0.542. The van der Waals surface area contributed by atoms with E-state index in [1.807, 2.05) is 30.3 Å². The number of halogens is 1. The Bertz CT molecular complexity index is 684.